The number of esters is 3. The lowest BCUT2D eigenvalue weighted by Crippen LogP contribution is -2.30. The highest BCUT2D eigenvalue weighted by atomic mass is 16.6. The molecule has 0 radical (unpaired) electrons. The molecule has 60 heavy (non-hydrogen) atoms. The fourth-order valence-corrected chi connectivity index (χ4v) is 5.96. The number of carbonyl (C=O) groups excluding carboxylic acids is 3. The first-order valence-corrected chi connectivity index (χ1v) is 23.7. The van der Waals surface area contributed by atoms with Gasteiger partial charge in [-0.3, -0.25) is 14.4 Å². The Morgan fingerprint density at radius 3 is 1.08 bits per heavy atom. The number of hydrogen-bond acceptors (Lipinski definition) is 6. The Bertz CT molecular complexity index is 1320. The van der Waals surface area contributed by atoms with Crippen LogP contribution in [0.2, 0.25) is 0 Å². The summed E-state index contributed by atoms with van der Waals surface area (Å²) in [6.07, 6.45) is 64.7. The van der Waals surface area contributed by atoms with Crippen LogP contribution in [0.25, 0.3) is 0 Å². The largest absolute Gasteiger partial charge is 0.462 e. The minimum Gasteiger partial charge on any atom is -0.462 e. The normalized spacial score (nSPS) is 13.2. The van der Waals surface area contributed by atoms with E-state index in [0.29, 0.717) is 19.3 Å². The van der Waals surface area contributed by atoms with E-state index in [9.17, 15) is 14.4 Å². The van der Waals surface area contributed by atoms with Crippen LogP contribution in [0.5, 0.6) is 0 Å². The Morgan fingerprint density at radius 2 is 0.667 bits per heavy atom. The highest BCUT2D eigenvalue weighted by molar-refractivity contribution is 5.71. The molecule has 0 aromatic heterocycles. The van der Waals surface area contributed by atoms with Gasteiger partial charge in [-0.05, 0) is 51.4 Å². The van der Waals surface area contributed by atoms with Gasteiger partial charge < -0.3 is 14.2 Å². The Hall–Kier alpha value is -4.19. The fourth-order valence-electron chi connectivity index (χ4n) is 5.96. The molecular formula is C54H84O6. The van der Waals surface area contributed by atoms with Gasteiger partial charge in [0.05, 0.1) is 0 Å². The van der Waals surface area contributed by atoms with Gasteiger partial charge in [-0.25, -0.2) is 0 Å². The van der Waals surface area contributed by atoms with Gasteiger partial charge in [0.25, 0.3) is 0 Å². The second-order valence-electron chi connectivity index (χ2n) is 15.2. The molecule has 1 unspecified atom stereocenters. The van der Waals surface area contributed by atoms with Crippen molar-refractivity contribution in [1.29, 1.82) is 0 Å². The Labute approximate surface area is 367 Å². The first kappa shape index (κ1) is 55.8. The summed E-state index contributed by atoms with van der Waals surface area (Å²) in [5, 5.41) is 0. The van der Waals surface area contributed by atoms with Crippen LogP contribution in [0.3, 0.4) is 0 Å². The maximum absolute atomic E-state index is 12.8. The minimum atomic E-state index is -0.824. The third kappa shape index (κ3) is 44.9. The number of rotatable bonds is 40. The van der Waals surface area contributed by atoms with E-state index in [2.05, 4.69) is 39.0 Å². The molecule has 0 amide bonds. The molecule has 0 N–H and O–H groups in total. The van der Waals surface area contributed by atoms with Crippen LogP contribution in [-0.4, -0.2) is 37.2 Å². The van der Waals surface area contributed by atoms with Crippen molar-refractivity contribution >= 4 is 17.9 Å². The molecule has 0 aromatic rings. The minimum absolute atomic E-state index is 0.125. The van der Waals surface area contributed by atoms with E-state index < -0.39 is 6.10 Å². The average Bonchev–Trinajstić information content (AvgIpc) is 3.24. The van der Waals surface area contributed by atoms with Crippen molar-refractivity contribution in [3.05, 3.63) is 122 Å². The molecule has 1 atom stereocenters. The fraction of sp³-hybridized carbons (Fsp3) is 0.574. The van der Waals surface area contributed by atoms with E-state index in [1.54, 1.807) is 0 Å². The molecule has 0 aliphatic heterocycles. The smallest absolute Gasteiger partial charge is 0.306 e. The SMILES string of the molecule is CC\C=C/C=C\C=C/C=C\C=C/CCCCCC(=O)OCC(COC(=O)CCC\C=C/C=C\C=C/C=C\C=C/CC)OC(=O)CCCCCCCCCCCCCCCC. The number of ether oxygens (including phenoxy) is 3. The molecule has 0 spiro atoms. The van der Waals surface area contributed by atoms with Crippen molar-refractivity contribution in [3.63, 3.8) is 0 Å². The van der Waals surface area contributed by atoms with Crippen LogP contribution in [0.1, 0.15) is 181 Å². The molecule has 336 valence electrons. The van der Waals surface area contributed by atoms with Crippen LogP contribution >= 0.6 is 0 Å². The first-order valence-electron chi connectivity index (χ1n) is 23.7. The van der Waals surface area contributed by atoms with Crippen molar-refractivity contribution in [1.82, 2.24) is 0 Å². The van der Waals surface area contributed by atoms with Crippen LogP contribution in [0, 0.1) is 0 Å². The lowest BCUT2D eigenvalue weighted by molar-refractivity contribution is -0.167. The Balaban J connectivity index is 4.59. The maximum Gasteiger partial charge on any atom is 0.306 e. The quantitative estimate of drug-likeness (QED) is 0.0265. The van der Waals surface area contributed by atoms with E-state index in [1.807, 2.05) is 103 Å². The molecule has 0 saturated heterocycles. The molecule has 0 heterocycles. The number of hydrogen-bond donors (Lipinski definition) is 0. The van der Waals surface area contributed by atoms with Gasteiger partial charge in [-0.15, -0.1) is 0 Å². The van der Waals surface area contributed by atoms with E-state index in [1.165, 1.54) is 70.6 Å². The third-order valence-electron chi connectivity index (χ3n) is 9.47. The molecule has 0 aromatic carbocycles. The van der Waals surface area contributed by atoms with Gasteiger partial charge in [0, 0.05) is 19.3 Å². The second kappa shape index (κ2) is 47.5. The molecule has 0 saturated carbocycles. The Morgan fingerprint density at radius 1 is 0.350 bits per heavy atom. The third-order valence-corrected chi connectivity index (χ3v) is 9.47. The summed E-state index contributed by atoms with van der Waals surface area (Å²) >= 11 is 0. The van der Waals surface area contributed by atoms with Gasteiger partial charge in [0.1, 0.15) is 13.2 Å². The zero-order valence-electron chi connectivity index (χ0n) is 38.2. The monoisotopic (exact) mass is 829 g/mol. The van der Waals surface area contributed by atoms with E-state index in [4.69, 9.17) is 14.2 Å². The van der Waals surface area contributed by atoms with Crippen molar-refractivity contribution in [3.8, 4) is 0 Å². The van der Waals surface area contributed by atoms with Gasteiger partial charge in [0.15, 0.2) is 6.10 Å². The summed E-state index contributed by atoms with van der Waals surface area (Å²) in [6.45, 7) is 6.22. The molecule has 0 rings (SSSR count). The second-order valence-corrected chi connectivity index (χ2v) is 15.2. The van der Waals surface area contributed by atoms with Crippen molar-refractivity contribution in [2.24, 2.45) is 0 Å². The molecule has 6 nitrogen and oxygen atoms in total. The number of carbonyl (C=O) groups is 3. The van der Waals surface area contributed by atoms with Crippen LogP contribution in [0.4, 0.5) is 0 Å². The summed E-state index contributed by atoms with van der Waals surface area (Å²) in [4.78, 5) is 37.8. The highest BCUT2D eigenvalue weighted by Gasteiger charge is 2.19. The zero-order chi connectivity index (χ0) is 43.7. The van der Waals surface area contributed by atoms with Crippen molar-refractivity contribution in [2.75, 3.05) is 13.2 Å². The molecule has 0 aliphatic rings. The van der Waals surface area contributed by atoms with E-state index in [-0.39, 0.29) is 37.5 Å². The van der Waals surface area contributed by atoms with Gasteiger partial charge in [0.2, 0.25) is 0 Å². The Kier molecular flexibility index (Phi) is 44.2. The van der Waals surface area contributed by atoms with E-state index in [0.717, 1.165) is 64.2 Å². The summed E-state index contributed by atoms with van der Waals surface area (Å²) in [7, 11) is 0. The topological polar surface area (TPSA) is 78.9 Å². The molecule has 0 bridgehead atoms. The first-order chi connectivity index (χ1) is 29.5. The summed E-state index contributed by atoms with van der Waals surface area (Å²) in [6, 6.07) is 0. The summed E-state index contributed by atoms with van der Waals surface area (Å²) in [5.74, 6) is -1.05. The van der Waals surface area contributed by atoms with E-state index >= 15 is 0 Å². The molecule has 0 fully saturated rings. The van der Waals surface area contributed by atoms with Crippen molar-refractivity contribution in [2.45, 2.75) is 187 Å². The zero-order valence-corrected chi connectivity index (χ0v) is 38.2. The lowest BCUT2D eigenvalue weighted by atomic mass is 10.0. The van der Waals surface area contributed by atoms with Crippen LogP contribution < -0.4 is 0 Å². The highest BCUT2D eigenvalue weighted by Crippen LogP contribution is 2.14. The maximum atomic E-state index is 12.8. The predicted octanol–water partition coefficient (Wildman–Crippen LogP) is 15.4. The number of allylic oxidation sites excluding steroid dienone is 20. The van der Waals surface area contributed by atoms with Gasteiger partial charge in [-0.2, -0.15) is 0 Å². The lowest BCUT2D eigenvalue weighted by Gasteiger charge is -2.18. The van der Waals surface area contributed by atoms with Crippen molar-refractivity contribution < 1.29 is 28.6 Å². The standard InChI is InChI=1S/C54H84O6/c1-4-7-10-13-16-19-22-25-27-30-32-35-38-41-44-47-53(56)59-50-51(49-58-52(55)46-43-40-37-34-31-28-24-21-18-15-12-9-6-3)60-54(57)48-45-42-39-36-33-29-26-23-20-17-14-11-8-5-2/h7,9-10,12-13,15-16,18-19,21-22,24-25,27-28,30-32,34,37,51H,4-6,8,11,14,17,20,23,26,29,33,35-36,38-50H2,1-3H3/b10-7-,12-9-,16-13-,18-15-,22-19-,24-21-,27-25-,31-28-,32-30-,37-34-. The molecule has 6 heteroatoms. The summed E-state index contributed by atoms with van der Waals surface area (Å²) in [5.41, 5.74) is 0. The predicted molar refractivity (Wildman–Crippen MR) is 256 cm³/mol. The molecule has 0 aliphatic carbocycles. The molecular weight excluding hydrogens is 745 g/mol. The van der Waals surface area contributed by atoms with Crippen LogP contribution in [0.15, 0.2) is 122 Å². The van der Waals surface area contributed by atoms with Crippen LogP contribution in [-0.2, 0) is 28.6 Å². The summed E-state index contributed by atoms with van der Waals surface area (Å²) < 4.78 is 16.6. The average molecular weight is 829 g/mol. The van der Waals surface area contributed by atoms with Gasteiger partial charge in [-0.1, -0.05) is 232 Å². The number of unbranched alkanes of at least 4 members (excludes halogenated alkanes) is 17. The van der Waals surface area contributed by atoms with Gasteiger partial charge >= 0.3 is 17.9 Å².